The molecule has 0 saturated carbocycles. The lowest BCUT2D eigenvalue weighted by Crippen LogP contribution is -2.56. The number of nitrogens with two attached hydrogens (primary N) is 1. The van der Waals surface area contributed by atoms with E-state index in [9.17, 15) is 0 Å². The Morgan fingerprint density at radius 3 is 2.14 bits per heavy atom. The van der Waals surface area contributed by atoms with Crippen LogP contribution in [0, 0.1) is 0 Å². The van der Waals surface area contributed by atoms with Gasteiger partial charge in [-0.25, -0.2) is 0 Å². The van der Waals surface area contributed by atoms with Crippen molar-refractivity contribution in [3.8, 4) is 0 Å². The van der Waals surface area contributed by atoms with Crippen LogP contribution in [0.5, 0.6) is 0 Å². The lowest BCUT2D eigenvalue weighted by Gasteiger charge is -2.37. The van der Waals surface area contributed by atoms with Gasteiger partial charge in [0.1, 0.15) is 0 Å². The largest absolute Gasteiger partial charge is 0.380 e. The highest BCUT2D eigenvalue weighted by molar-refractivity contribution is 4.90. The van der Waals surface area contributed by atoms with Crippen molar-refractivity contribution in [2.45, 2.75) is 45.3 Å². The Labute approximate surface area is 87.1 Å². The SMILES string of the molecule is CCOCC(NN)C(CC)(CC)OC. The van der Waals surface area contributed by atoms with E-state index in [1.807, 2.05) is 6.92 Å². The number of nitrogens with one attached hydrogen (secondary N) is 1. The molecule has 86 valence electrons. The van der Waals surface area contributed by atoms with Gasteiger partial charge in [-0.1, -0.05) is 13.8 Å². The van der Waals surface area contributed by atoms with Crippen molar-refractivity contribution in [1.82, 2.24) is 5.43 Å². The third-order valence-electron chi connectivity index (χ3n) is 2.93. The van der Waals surface area contributed by atoms with Crippen LogP contribution >= 0.6 is 0 Å². The first-order valence-electron chi connectivity index (χ1n) is 5.29. The summed E-state index contributed by atoms with van der Waals surface area (Å²) in [5.41, 5.74) is 2.56. The summed E-state index contributed by atoms with van der Waals surface area (Å²) in [5, 5.41) is 0. The zero-order valence-corrected chi connectivity index (χ0v) is 9.80. The average Bonchev–Trinajstić information content (AvgIpc) is 2.25. The van der Waals surface area contributed by atoms with Crippen molar-refractivity contribution in [1.29, 1.82) is 0 Å². The molecule has 0 fully saturated rings. The fourth-order valence-electron chi connectivity index (χ4n) is 1.76. The van der Waals surface area contributed by atoms with Gasteiger partial charge in [-0.3, -0.25) is 11.3 Å². The van der Waals surface area contributed by atoms with Gasteiger partial charge in [0.15, 0.2) is 0 Å². The molecule has 0 aliphatic carbocycles. The standard InChI is InChI=1S/C10H24N2O2/c1-5-10(6-2,13-4)9(12-11)8-14-7-3/h9,12H,5-8,11H2,1-4H3. The summed E-state index contributed by atoms with van der Waals surface area (Å²) in [5.74, 6) is 5.52. The van der Waals surface area contributed by atoms with Gasteiger partial charge in [0.05, 0.1) is 18.2 Å². The van der Waals surface area contributed by atoms with Gasteiger partial charge >= 0.3 is 0 Å². The maximum absolute atomic E-state index is 5.56. The minimum Gasteiger partial charge on any atom is -0.380 e. The fourth-order valence-corrected chi connectivity index (χ4v) is 1.76. The Morgan fingerprint density at radius 2 is 1.86 bits per heavy atom. The molecule has 14 heavy (non-hydrogen) atoms. The molecule has 4 heteroatoms. The first kappa shape index (κ1) is 13.8. The quantitative estimate of drug-likeness (QED) is 0.458. The van der Waals surface area contributed by atoms with E-state index in [1.54, 1.807) is 7.11 Å². The Bertz CT molecular complexity index is 130. The van der Waals surface area contributed by atoms with Gasteiger partial charge < -0.3 is 9.47 Å². The van der Waals surface area contributed by atoms with Crippen molar-refractivity contribution >= 4 is 0 Å². The molecule has 1 atom stereocenters. The van der Waals surface area contributed by atoms with E-state index < -0.39 is 0 Å². The van der Waals surface area contributed by atoms with E-state index in [2.05, 4.69) is 19.3 Å². The van der Waals surface area contributed by atoms with Crippen LogP contribution in [0.2, 0.25) is 0 Å². The minimum atomic E-state index is -0.218. The van der Waals surface area contributed by atoms with Crippen LogP contribution in [0.1, 0.15) is 33.6 Å². The van der Waals surface area contributed by atoms with E-state index in [0.29, 0.717) is 13.2 Å². The third kappa shape index (κ3) is 3.20. The average molecular weight is 204 g/mol. The highest BCUT2D eigenvalue weighted by Gasteiger charge is 2.35. The second-order valence-corrected chi connectivity index (χ2v) is 3.35. The van der Waals surface area contributed by atoms with E-state index in [0.717, 1.165) is 12.8 Å². The molecule has 0 aliphatic rings. The zero-order valence-electron chi connectivity index (χ0n) is 9.80. The van der Waals surface area contributed by atoms with Gasteiger partial charge in [0.2, 0.25) is 0 Å². The summed E-state index contributed by atoms with van der Waals surface area (Å²) in [4.78, 5) is 0. The number of hydrogen-bond donors (Lipinski definition) is 2. The topological polar surface area (TPSA) is 56.5 Å². The molecule has 1 unspecified atom stereocenters. The van der Waals surface area contributed by atoms with Crippen LogP contribution in [0.4, 0.5) is 0 Å². The maximum Gasteiger partial charge on any atom is 0.0861 e. The predicted molar refractivity (Wildman–Crippen MR) is 57.9 cm³/mol. The molecule has 0 radical (unpaired) electrons. The summed E-state index contributed by atoms with van der Waals surface area (Å²) >= 11 is 0. The minimum absolute atomic E-state index is 0.0439. The Hall–Kier alpha value is -0.160. The van der Waals surface area contributed by atoms with Crippen molar-refractivity contribution in [3.05, 3.63) is 0 Å². The first-order chi connectivity index (χ1) is 6.70. The first-order valence-corrected chi connectivity index (χ1v) is 5.29. The van der Waals surface area contributed by atoms with Crippen LogP contribution in [-0.2, 0) is 9.47 Å². The molecule has 0 aromatic carbocycles. The highest BCUT2D eigenvalue weighted by Crippen LogP contribution is 2.24. The van der Waals surface area contributed by atoms with Crippen molar-refractivity contribution in [2.24, 2.45) is 5.84 Å². The molecule has 0 aromatic rings. The number of hydrazine groups is 1. The Kier molecular flexibility index (Phi) is 7.09. The number of hydrogen-bond acceptors (Lipinski definition) is 4. The maximum atomic E-state index is 5.56. The molecule has 0 aromatic heterocycles. The monoisotopic (exact) mass is 204 g/mol. The molecule has 0 amide bonds. The van der Waals surface area contributed by atoms with Crippen LogP contribution in [0.25, 0.3) is 0 Å². The Balaban J connectivity index is 4.40. The van der Waals surface area contributed by atoms with Crippen molar-refractivity contribution in [3.63, 3.8) is 0 Å². The molecule has 0 rings (SSSR count). The van der Waals surface area contributed by atoms with Crippen LogP contribution in [0.15, 0.2) is 0 Å². The molecule has 0 heterocycles. The zero-order chi connectivity index (χ0) is 11.0. The molecular weight excluding hydrogens is 180 g/mol. The number of ether oxygens (including phenoxy) is 2. The van der Waals surface area contributed by atoms with Crippen molar-refractivity contribution in [2.75, 3.05) is 20.3 Å². The summed E-state index contributed by atoms with van der Waals surface area (Å²) < 4.78 is 10.9. The summed E-state index contributed by atoms with van der Waals surface area (Å²) in [6, 6.07) is 0.0439. The van der Waals surface area contributed by atoms with Gasteiger partial charge in [0.25, 0.3) is 0 Å². The highest BCUT2D eigenvalue weighted by atomic mass is 16.5. The smallest absolute Gasteiger partial charge is 0.0861 e. The second kappa shape index (κ2) is 7.17. The molecule has 3 N–H and O–H groups in total. The van der Waals surface area contributed by atoms with Crippen molar-refractivity contribution < 1.29 is 9.47 Å². The van der Waals surface area contributed by atoms with E-state index in [-0.39, 0.29) is 11.6 Å². The number of rotatable bonds is 8. The fraction of sp³-hybridized carbons (Fsp3) is 1.00. The molecule has 0 bridgehead atoms. The molecule has 0 saturated heterocycles. The van der Waals surface area contributed by atoms with E-state index in [1.165, 1.54) is 0 Å². The van der Waals surface area contributed by atoms with Crippen LogP contribution < -0.4 is 11.3 Å². The van der Waals surface area contributed by atoms with Gasteiger partial charge in [0, 0.05) is 13.7 Å². The third-order valence-corrected chi connectivity index (χ3v) is 2.93. The lowest BCUT2D eigenvalue weighted by atomic mass is 9.89. The lowest BCUT2D eigenvalue weighted by molar-refractivity contribution is -0.0685. The van der Waals surface area contributed by atoms with E-state index in [4.69, 9.17) is 15.3 Å². The van der Waals surface area contributed by atoms with Crippen LogP contribution in [0.3, 0.4) is 0 Å². The van der Waals surface area contributed by atoms with Crippen LogP contribution in [-0.4, -0.2) is 32.0 Å². The summed E-state index contributed by atoms with van der Waals surface area (Å²) in [6.07, 6.45) is 1.84. The predicted octanol–water partition coefficient (Wildman–Crippen LogP) is 1.06. The van der Waals surface area contributed by atoms with Gasteiger partial charge in [-0.15, -0.1) is 0 Å². The molecule has 0 spiro atoms. The summed E-state index contributed by atoms with van der Waals surface area (Å²) in [6.45, 7) is 7.46. The summed E-state index contributed by atoms with van der Waals surface area (Å²) in [7, 11) is 1.73. The molecule has 4 nitrogen and oxygen atoms in total. The molecular formula is C10H24N2O2. The number of methoxy groups -OCH3 is 1. The molecule has 0 aliphatic heterocycles. The van der Waals surface area contributed by atoms with Gasteiger partial charge in [-0.05, 0) is 19.8 Å². The second-order valence-electron chi connectivity index (χ2n) is 3.35. The Morgan fingerprint density at radius 1 is 1.29 bits per heavy atom. The van der Waals surface area contributed by atoms with Gasteiger partial charge in [-0.2, -0.15) is 0 Å². The normalized spacial score (nSPS) is 14.4. The van der Waals surface area contributed by atoms with E-state index >= 15 is 0 Å².